The Morgan fingerprint density at radius 1 is 1.25 bits per heavy atom. The van der Waals surface area contributed by atoms with E-state index < -0.39 is 5.91 Å². The van der Waals surface area contributed by atoms with Crippen LogP contribution in [0.1, 0.15) is 16.8 Å². The molecule has 3 N–H and O–H groups in total. The minimum Gasteiger partial charge on any atom is -0.384 e. The number of rotatable bonds is 7. The maximum absolute atomic E-state index is 11.2. The van der Waals surface area contributed by atoms with Crippen LogP contribution in [0.25, 0.3) is 0 Å². The topological polar surface area (TPSA) is 68.0 Å². The predicted molar refractivity (Wildman–Crippen MR) is 83.0 cm³/mol. The molecule has 0 aliphatic heterocycles. The highest BCUT2D eigenvalue weighted by Crippen LogP contribution is 2.18. The second kappa shape index (κ2) is 7.55. The van der Waals surface area contributed by atoms with E-state index in [4.69, 9.17) is 5.73 Å². The molecule has 2 aromatic rings. The molecule has 0 spiro atoms. The summed E-state index contributed by atoms with van der Waals surface area (Å²) >= 11 is 1.82. The molecule has 20 heavy (non-hydrogen) atoms. The number of nitrogens with zero attached hydrogens (tertiary/aromatic N) is 1. The molecule has 1 heterocycles. The van der Waals surface area contributed by atoms with Crippen LogP contribution in [0.3, 0.4) is 0 Å². The molecule has 0 bridgehead atoms. The molecule has 0 saturated carbocycles. The minimum atomic E-state index is -0.459. The Bertz CT molecular complexity index is 560. The van der Waals surface area contributed by atoms with Gasteiger partial charge in [-0.15, -0.1) is 11.8 Å². The van der Waals surface area contributed by atoms with E-state index in [9.17, 15) is 4.79 Å². The summed E-state index contributed by atoms with van der Waals surface area (Å²) in [6, 6.07) is 12.1. The average molecular weight is 287 g/mol. The lowest BCUT2D eigenvalue weighted by Crippen LogP contribution is -2.15. The van der Waals surface area contributed by atoms with Crippen molar-refractivity contribution in [1.82, 2.24) is 4.98 Å². The highest BCUT2D eigenvalue weighted by molar-refractivity contribution is 7.99. The van der Waals surface area contributed by atoms with Crippen molar-refractivity contribution in [1.29, 1.82) is 0 Å². The van der Waals surface area contributed by atoms with E-state index >= 15 is 0 Å². The van der Waals surface area contributed by atoms with E-state index in [0.29, 0.717) is 5.56 Å². The van der Waals surface area contributed by atoms with Crippen LogP contribution in [0.4, 0.5) is 5.69 Å². The van der Waals surface area contributed by atoms with Crippen molar-refractivity contribution in [3.63, 3.8) is 0 Å². The largest absolute Gasteiger partial charge is 0.384 e. The molecule has 0 aliphatic rings. The lowest BCUT2D eigenvalue weighted by atomic mass is 10.2. The zero-order chi connectivity index (χ0) is 14.2. The van der Waals surface area contributed by atoms with Gasteiger partial charge in [-0.05, 0) is 30.4 Å². The second-order valence-electron chi connectivity index (χ2n) is 4.23. The van der Waals surface area contributed by atoms with E-state index in [1.807, 2.05) is 30.0 Å². The second-order valence-corrected chi connectivity index (χ2v) is 5.40. The van der Waals surface area contributed by atoms with Crippen molar-refractivity contribution >= 4 is 23.4 Å². The fraction of sp³-hybridized carbons (Fsp3) is 0.200. The molecule has 1 aromatic carbocycles. The molecular weight excluding hydrogens is 270 g/mol. The Morgan fingerprint density at radius 3 is 2.80 bits per heavy atom. The van der Waals surface area contributed by atoms with Gasteiger partial charge < -0.3 is 11.1 Å². The highest BCUT2D eigenvalue weighted by atomic mass is 32.2. The van der Waals surface area contributed by atoms with Gasteiger partial charge in [0.2, 0.25) is 0 Å². The first-order valence-corrected chi connectivity index (χ1v) is 7.41. The number of nitrogens with two attached hydrogens (primary N) is 1. The SMILES string of the molecule is NC(=O)c1cnccc1NCCCSc1ccccc1. The molecule has 0 radical (unpaired) electrons. The molecule has 0 unspecified atom stereocenters. The molecule has 5 heteroatoms. The number of aromatic nitrogens is 1. The van der Waals surface area contributed by atoms with E-state index in [1.165, 1.54) is 11.1 Å². The van der Waals surface area contributed by atoms with Crippen LogP contribution in [0, 0.1) is 0 Å². The number of hydrogen-bond donors (Lipinski definition) is 2. The van der Waals surface area contributed by atoms with Gasteiger partial charge in [-0.25, -0.2) is 0 Å². The zero-order valence-corrected chi connectivity index (χ0v) is 11.9. The molecule has 0 aliphatic carbocycles. The smallest absolute Gasteiger partial charge is 0.252 e. The minimum absolute atomic E-state index is 0.434. The Balaban J connectivity index is 1.75. The number of carbonyl (C=O) groups excluding carboxylic acids is 1. The highest BCUT2D eigenvalue weighted by Gasteiger charge is 2.06. The maximum atomic E-state index is 11.2. The monoisotopic (exact) mass is 287 g/mol. The summed E-state index contributed by atoms with van der Waals surface area (Å²) in [4.78, 5) is 16.4. The summed E-state index contributed by atoms with van der Waals surface area (Å²) in [6.45, 7) is 0.796. The van der Waals surface area contributed by atoms with Crippen molar-refractivity contribution in [2.24, 2.45) is 5.73 Å². The van der Waals surface area contributed by atoms with Gasteiger partial charge in [-0.2, -0.15) is 0 Å². The van der Waals surface area contributed by atoms with Crippen molar-refractivity contribution in [3.05, 3.63) is 54.4 Å². The lowest BCUT2D eigenvalue weighted by Gasteiger charge is -2.09. The number of anilines is 1. The predicted octanol–water partition coefficient (Wildman–Crippen LogP) is 2.77. The van der Waals surface area contributed by atoms with Crippen LogP contribution >= 0.6 is 11.8 Å². The molecule has 0 atom stereocenters. The van der Waals surface area contributed by atoms with Crippen LogP contribution in [0.5, 0.6) is 0 Å². The molecular formula is C15H17N3OS. The number of thioether (sulfide) groups is 1. The number of carbonyl (C=O) groups is 1. The van der Waals surface area contributed by atoms with Gasteiger partial charge in [0.05, 0.1) is 11.3 Å². The van der Waals surface area contributed by atoms with E-state index in [1.54, 1.807) is 12.3 Å². The summed E-state index contributed by atoms with van der Waals surface area (Å²) in [5.74, 6) is 0.563. The molecule has 104 valence electrons. The van der Waals surface area contributed by atoms with Crippen LogP contribution in [0.2, 0.25) is 0 Å². The Hall–Kier alpha value is -2.01. The van der Waals surface area contributed by atoms with E-state index in [-0.39, 0.29) is 0 Å². The Kier molecular flexibility index (Phi) is 5.43. The fourth-order valence-electron chi connectivity index (χ4n) is 1.75. The van der Waals surface area contributed by atoms with Crippen LogP contribution < -0.4 is 11.1 Å². The molecule has 2 rings (SSSR count). The normalized spacial score (nSPS) is 10.2. The lowest BCUT2D eigenvalue weighted by molar-refractivity contribution is 0.100. The number of pyridine rings is 1. The third kappa shape index (κ3) is 4.28. The Morgan fingerprint density at radius 2 is 2.05 bits per heavy atom. The van der Waals surface area contributed by atoms with Gasteiger partial charge in [0, 0.05) is 23.8 Å². The van der Waals surface area contributed by atoms with Crippen LogP contribution in [-0.4, -0.2) is 23.2 Å². The molecule has 0 saturated heterocycles. The van der Waals surface area contributed by atoms with E-state index in [0.717, 1.165) is 24.4 Å². The van der Waals surface area contributed by atoms with Crippen molar-refractivity contribution in [2.45, 2.75) is 11.3 Å². The standard InChI is InChI=1S/C15H17N3OS/c16-15(19)13-11-17-9-7-14(13)18-8-4-10-20-12-5-2-1-3-6-12/h1-3,5-7,9,11H,4,8,10H2,(H2,16,19)(H,17,18). The number of hydrogen-bond acceptors (Lipinski definition) is 4. The van der Waals surface area contributed by atoms with Gasteiger partial charge in [-0.1, -0.05) is 18.2 Å². The number of nitrogens with one attached hydrogen (secondary N) is 1. The van der Waals surface area contributed by atoms with E-state index in [2.05, 4.69) is 22.4 Å². The van der Waals surface area contributed by atoms with Crippen molar-refractivity contribution in [2.75, 3.05) is 17.6 Å². The molecule has 0 fully saturated rings. The average Bonchev–Trinajstić information content (AvgIpc) is 2.48. The number of primary amides is 1. The van der Waals surface area contributed by atoms with Gasteiger partial charge in [-0.3, -0.25) is 9.78 Å². The first-order valence-electron chi connectivity index (χ1n) is 6.43. The first kappa shape index (κ1) is 14.4. The van der Waals surface area contributed by atoms with Crippen molar-refractivity contribution < 1.29 is 4.79 Å². The fourth-order valence-corrected chi connectivity index (χ4v) is 2.62. The third-order valence-corrected chi connectivity index (χ3v) is 3.83. The van der Waals surface area contributed by atoms with Gasteiger partial charge >= 0.3 is 0 Å². The quantitative estimate of drug-likeness (QED) is 0.607. The van der Waals surface area contributed by atoms with Gasteiger partial charge in [0.1, 0.15) is 0 Å². The van der Waals surface area contributed by atoms with Gasteiger partial charge in [0.15, 0.2) is 0 Å². The molecule has 1 amide bonds. The summed E-state index contributed by atoms with van der Waals surface area (Å²) in [7, 11) is 0. The molecule has 1 aromatic heterocycles. The first-order chi connectivity index (χ1) is 9.77. The number of benzene rings is 1. The summed E-state index contributed by atoms with van der Waals surface area (Å²) in [6.07, 6.45) is 4.14. The Labute approximate surface area is 122 Å². The summed E-state index contributed by atoms with van der Waals surface area (Å²) in [5, 5.41) is 3.23. The zero-order valence-electron chi connectivity index (χ0n) is 11.1. The molecule has 4 nitrogen and oxygen atoms in total. The third-order valence-electron chi connectivity index (χ3n) is 2.74. The summed E-state index contributed by atoms with van der Waals surface area (Å²) < 4.78 is 0. The van der Waals surface area contributed by atoms with Crippen molar-refractivity contribution in [3.8, 4) is 0 Å². The van der Waals surface area contributed by atoms with Crippen LogP contribution in [0.15, 0.2) is 53.7 Å². The number of amides is 1. The van der Waals surface area contributed by atoms with Crippen LogP contribution in [-0.2, 0) is 0 Å². The van der Waals surface area contributed by atoms with Gasteiger partial charge in [0.25, 0.3) is 5.91 Å². The maximum Gasteiger partial charge on any atom is 0.252 e. The summed E-state index contributed by atoms with van der Waals surface area (Å²) in [5.41, 5.74) is 6.48.